The normalized spacial score (nSPS) is 15.0. The van der Waals surface area contributed by atoms with Crippen molar-refractivity contribution < 1.29 is 4.79 Å². The van der Waals surface area contributed by atoms with Crippen LogP contribution < -0.4 is 4.90 Å². The van der Waals surface area contributed by atoms with Crippen molar-refractivity contribution in [1.82, 2.24) is 29.6 Å². The number of pyridine rings is 1. The van der Waals surface area contributed by atoms with Crippen LogP contribution in [-0.2, 0) is 0 Å². The average Bonchev–Trinajstić information content (AvgIpc) is 3.12. The summed E-state index contributed by atoms with van der Waals surface area (Å²) >= 11 is 0. The van der Waals surface area contributed by atoms with Crippen molar-refractivity contribution in [3.63, 3.8) is 0 Å². The van der Waals surface area contributed by atoms with Crippen molar-refractivity contribution in [2.24, 2.45) is 0 Å². The Morgan fingerprint density at radius 3 is 2.54 bits per heavy atom. The Morgan fingerprint density at radius 1 is 1.04 bits per heavy atom. The van der Waals surface area contributed by atoms with Crippen LogP contribution in [0.4, 0.5) is 5.82 Å². The first-order chi connectivity index (χ1) is 12.6. The van der Waals surface area contributed by atoms with E-state index in [1.807, 2.05) is 15.6 Å². The first-order valence-electron chi connectivity index (χ1n) is 8.77. The highest BCUT2D eigenvalue weighted by Gasteiger charge is 2.23. The van der Waals surface area contributed by atoms with Gasteiger partial charge in [-0.3, -0.25) is 9.78 Å². The van der Waals surface area contributed by atoms with Gasteiger partial charge in [0.05, 0.1) is 18.0 Å². The lowest BCUT2D eigenvalue weighted by Gasteiger charge is -2.35. The minimum atomic E-state index is 0.00972. The topological polar surface area (TPSA) is 80.0 Å². The number of aromatic nitrogens is 5. The van der Waals surface area contributed by atoms with Gasteiger partial charge in [-0.05, 0) is 19.9 Å². The van der Waals surface area contributed by atoms with Crippen LogP contribution in [0, 0.1) is 0 Å². The molecular formula is C18H21N7O. The molecule has 8 heteroatoms. The molecule has 1 amide bonds. The van der Waals surface area contributed by atoms with Gasteiger partial charge < -0.3 is 9.80 Å². The molecule has 1 aliphatic rings. The minimum absolute atomic E-state index is 0.00972. The fourth-order valence-corrected chi connectivity index (χ4v) is 3.21. The number of carbonyl (C=O) groups is 1. The first-order valence-corrected chi connectivity index (χ1v) is 8.77. The Balaban J connectivity index is 1.47. The quantitative estimate of drug-likeness (QED) is 0.715. The van der Waals surface area contributed by atoms with Crippen molar-refractivity contribution in [2.45, 2.75) is 19.9 Å². The summed E-state index contributed by atoms with van der Waals surface area (Å²) in [5.41, 5.74) is 1.41. The van der Waals surface area contributed by atoms with E-state index in [4.69, 9.17) is 0 Å². The molecule has 3 aromatic rings. The Kier molecular flexibility index (Phi) is 4.24. The third-order valence-corrected chi connectivity index (χ3v) is 4.61. The second-order valence-corrected chi connectivity index (χ2v) is 6.66. The van der Waals surface area contributed by atoms with Gasteiger partial charge in [-0.25, -0.2) is 14.6 Å². The number of hydrogen-bond acceptors (Lipinski definition) is 6. The third kappa shape index (κ3) is 2.98. The molecular weight excluding hydrogens is 330 g/mol. The highest BCUT2D eigenvalue weighted by Crippen LogP contribution is 2.19. The third-order valence-electron chi connectivity index (χ3n) is 4.61. The van der Waals surface area contributed by atoms with Crippen LogP contribution in [0.3, 0.4) is 0 Å². The van der Waals surface area contributed by atoms with Gasteiger partial charge in [0.25, 0.3) is 5.91 Å². The molecule has 0 aromatic carbocycles. The molecule has 8 nitrogen and oxygen atoms in total. The molecule has 0 atom stereocenters. The Morgan fingerprint density at radius 2 is 1.85 bits per heavy atom. The molecule has 3 aromatic heterocycles. The van der Waals surface area contributed by atoms with Crippen molar-refractivity contribution in [3.8, 4) is 0 Å². The maximum atomic E-state index is 12.8. The summed E-state index contributed by atoms with van der Waals surface area (Å²) in [6.45, 7) is 6.90. The van der Waals surface area contributed by atoms with Crippen LogP contribution in [0.15, 0.2) is 37.1 Å². The van der Waals surface area contributed by atoms with Crippen LogP contribution in [-0.4, -0.2) is 61.7 Å². The Bertz CT molecular complexity index is 914. The first kappa shape index (κ1) is 16.4. The standard InChI is InChI=1S/C18H21N7O/c1-13(2)25-17-14(11-22-25)9-15(10-21-17)18(26)24-7-5-23(6-8-24)16-12-19-3-4-20-16/h3-4,9-13H,5-8H2,1-2H3. The van der Waals surface area contributed by atoms with Gasteiger partial charge in [0, 0.05) is 56.2 Å². The molecule has 4 heterocycles. The molecule has 0 N–H and O–H groups in total. The van der Waals surface area contributed by atoms with E-state index in [9.17, 15) is 4.79 Å². The van der Waals surface area contributed by atoms with E-state index in [0.717, 1.165) is 29.9 Å². The molecule has 0 saturated carbocycles. The van der Waals surface area contributed by atoms with Gasteiger partial charge in [-0.1, -0.05) is 0 Å². The molecule has 0 aliphatic carbocycles. The molecule has 134 valence electrons. The van der Waals surface area contributed by atoms with Gasteiger partial charge in [0.2, 0.25) is 0 Å². The van der Waals surface area contributed by atoms with Crippen LogP contribution in [0.25, 0.3) is 11.0 Å². The van der Waals surface area contributed by atoms with Crippen LogP contribution in [0.1, 0.15) is 30.2 Å². The number of hydrogen-bond donors (Lipinski definition) is 0. The van der Waals surface area contributed by atoms with Crippen LogP contribution >= 0.6 is 0 Å². The van der Waals surface area contributed by atoms with E-state index >= 15 is 0 Å². The van der Waals surface area contributed by atoms with E-state index in [0.29, 0.717) is 18.7 Å². The SMILES string of the molecule is CC(C)n1ncc2cc(C(=O)N3CCN(c4cnccn4)CC3)cnc21. The number of anilines is 1. The molecule has 26 heavy (non-hydrogen) atoms. The zero-order chi connectivity index (χ0) is 18.1. The molecule has 0 bridgehead atoms. The maximum Gasteiger partial charge on any atom is 0.255 e. The number of rotatable bonds is 3. The number of amides is 1. The van der Waals surface area contributed by atoms with Gasteiger partial charge >= 0.3 is 0 Å². The molecule has 1 saturated heterocycles. The number of piperazine rings is 1. The van der Waals surface area contributed by atoms with Gasteiger partial charge in [-0.15, -0.1) is 0 Å². The lowest BCUT2D eigenvalue weighted by molar-refractivity contribution is 0.0746. The Hall–Kier alpha value is -3.03. The van der Waals surface area contributed by atoms with Gasteiger partial charge in [0.1, 0.15) is 5.82 Å². The summed E-state index contributed by atoms with van der Waals surface area (Å²) in [4.78, 5) is 29.7. The second kappa shape index (κ2) is 6.70. The smallest absolute Gasteiger partial charge is 0.255 e. The molecule has 1 aliphatic heterocycles. The highest BCUT2D eigenvalue weighted by molar-refractivity contribution is 5.97. The van der Waals surface area contributed by atoms with Crippen molar-refractivity contribution in [1.29, 1.82) is 0 Å². The average molecular weight is 351 g/mol. The zero-order valence-corrected chi connectivity index (χ0v) is 14.9. The molecule has 0 spiro atoms. The largest absolute Gasteiger partial charge is 0.352 e. The summed E-state index contributed by atoms with van der Waals surface area (Å²) in [6, 6.07) is 2.11. The molecule has 4 rings (SSSR count). The second-order valence-electron chi connectivity index (χ2n) is 6.66. The zero-order valence-electron chi connectivity index (χ0n) is 14.9. The number of nitrogens with zero attached hydrogens (tertiary/aromatic N) is 7. The van der Waals surface area contributed by atoms with Crippen molar-refractivity contribution in [2.75, 3.05) is 31.1 Å². The molecule has 0 unspecified atom stereocenters. The van der Waals surface area contributed by atoms with E-state index in [1.54, 1.807) is 31.0 Å². The number of carbonyl (C=O) groups excluding carboxylic acids is 1. The molecule has 0 radical (unpaired) electrons. The fourth-order valence-electron chi connectivity index (χ4n) is 3.21. The summed E-state index contributed by atoms with van der Waals surface area (Å²) in [5.74, 6) is 0.860. The highest BCUT2D eigenvalue weighted by atomic mass is 16.2. The van der Waals surface area contributed by atoms with Gasteiger partial charge in [0.15, 0.2) is 5.65 Å². The lowest BCUT2D eigenvalue weighted by atomic mass is 10.2. The van der Waals surface area contributed by atoms with Crippen molar-refractivity contribution in [3.05, 3.63) is 42.6 Å². The van der Waals surface area contributed by atoms with Crippen molar-refractivity contribution >= 4 is 22.8 Å². The van der Waals surface area contributed by atoms with E-state index in [1.165, 1.54) is 0 Å². The van der Waals surface area contributed by atoms with Gasteiger partial charge in [-0.2, -0.15) is 5.10 Å². The van der Waals surface area contributed by atoms with E-state index < -0.39 is 0 Å². The molecule has 1 fully saturated rings. The lowest BCUT2D eigenvalue weighted by Crippen LogP contribution is -2.49. The Labute approximate surface area is 151 Å². The predicted molar refractivity (Wildman–Crippen MR) is 98.1 cm³/mol. The van der Waals surface area contributed by atoms with Crippen LogP contribution in [0.2, 0.25) is 0 Å². The minimum Gasteiger partial charge on any atom is -0.352 e. The summed E-state index contributed by atoms with van der Waals surface area (Å²) in [6.07, 6.45) is 8.52. The summed E-state index contributed by atoms with van der Waals surface area (Å²) < 4.78 is 1.86. The monoisotopic (exact) mass is 351 g/mol. The van der Waals surface area contributed by atoms with E-state index in [2.05, 4.69) is 38.8 Å². The summed E-state index contributed by atoms with van der Waals surface area (Å²) in [5, 5.41) is 5.25. The van der Waals surface area contributed by atoms with Crippen LogP contribution in [0.5, 0.6) is 0 Å². The predicted octanol–water partition coefficient (Wildman–Crippen LogP) is 1.76. The van der Waals surface area contributed by atoms with E-state index in [-0.39, 0.29) is 11.9 Å². The number of fused-ring (bicyclic) bond motifs is 1. The fraction of sp³-hybridized carbons (Fsp3) is 0.389. The summed E-state index contributed by atoms with van der Waals surface area (Å²) in [7, 11) is 0. The maximum absolute atomic E-state index is 12.8.